The van der Waals surface area contributed by atoms with Crippen LogP contribution in [0.5, 0.6) is 0 Å². The molecule has 0 aliphatic heterocycles. The quantitative estimate of drug-likeness (QED) is 0.620. The van der Waals surface area contributed by atoms with Crippen molar-refractivity contribution in [2.75, 3.05) is 5.32 Å². The van der Waals surface area contributed by atoms with E-state index in [-0.39, 0.29) is 17.5 Å². The first kappa shape index (κ1) is 11.1. The minimum atomic E-state index is -0.468. The molecule has 17 heavy (non-hydrogen) atoms. The summed E-state index contributed by atoms with van der Waals surface area (Å²) in [5, 5.41) is 13.7. The van der Waals surface area contributed by atoms with Crippen LogP contribution in [0.25, 0.3) is 0 Å². The van der Waals surface area contributed by atoms with Gasteiger partial charge in [-0.25, -0.2) is 9.97 Å². The smallest absolute Gasteiger partial charge is 0.311 e. The molecule has 0 spiro atoms. The average molecular weight is 233 g/mol. The predicted octanol–water partition coefficient (Wildman–Crippen LogP) is 1.89. The number of aromatic amines is 1. The third kappa shape index (κ3) is 2.39. The van der Waals surface area contributed by atoms with Crippen LogP contribution in [-0.2, 0) is 0 Å². The van der Waals surface area contributed by atoms with E-state index in [1.807, 2.05) is 6.92 Å². The standard InChI is InChI=1S/C10H11N5O2/c1-7(9-12-5-6-13-9)14-10-8(15(16)17)3-2-4-11-10/h2-7H,1H3,(H,11,14)(H,12,13). The summed E-state index contributed by atoms with van der Waals surface area (Å²) >= 11 is 0. The normalized spacial score (nSPS) is 12.1. The van der Waals surface area contributed by atoms with E-state index in [0.29, 0.717) is 5.82 Å². The number of hydrogen-bond donors (Lipinski definition) is 2. The maximum atomic E-state index is 10.8. The lowest BCUT2D eigenvalue weighted by Crippen LogP contribution is -2.11. The number of H-pyrrole nitrogens is 1. The number of anilines is 1. The number of aromatic nitrogens is 3. The molecule has 2 heterocycles. The second-order valence-corrected chi connectivity index (χ2v) is 3.47. The van der Waals surface area contributed by atoms with E-state index in [2.05, 4.69) is 20.3 Å². The molecule has 0 saturated heterocycles. The first-order chi connectivity index (χ1) is 8.18. The fourth-order valence-electron chi connectivity index (χ4n) is 1.44. The summed E-state index contributed by atoms with van der Waals surface area (Å²) < 4.78 is 0. The molecule has 2 rings (SSSR count). The van der Waals surface area contributed by atoms with Crippen molar-refractivity contribution >= 4 is 11.5 Å². The summed E-state index contributed by atoms with van der Waals surface area (Å²) in [6.07, 6.45) is 4.82. The second-order valence-electron chi connectivity index (χ2n) is 3.47. The Morgan fingerprint density at radius 1 is 1.47 bits per heavy atom. The molecule has 88 valence electrons. The van der Waals surface area contributed by atoms with Gasteiger partial charge in [-0.3, -0.25) is 10.1 Å². The molecular formula is C10H11N5O2. The van der Waals surface area contributed by atoms with Gasteiger partial charge in [0.15, 0.2) is 0 Å². The molecule has 2 aromatic heterocycles. The van der Waals surface area contributed by atoms with Gasteiger partial charge in [0.25, 0.3) is 0 Å². The highest BCUT2D eigenvalue weighted by atomic mass is 16.6. The Kier molecular flexibility index (Phi) is 2.99. The molecular weight excluding hydrogens is 222 g/mol. The van der Waals surface area contributed by atoms with E-state index in [1.54, 1.807) is 12.4 Å². The molecule has 1 unspecified atom stereocenters. The minimum Gasteiger partial charge on any atom is -0.355 e. The molecule has 0 fully saturated rings. The van der Waals surface area contributed by atoms with E-state index >= 15 is 0 Å². The first-order valence-corrected chi connectivity index (χ1v) is 5.03. The molecule has 0 aliphatic rings. The van der Waals surface area contributed by atoms with Gasteiger partial charge in [-0.1, -0.05) is 0 Å². The molecule has 0 aromatic carbocycles. The second kappa shape index (κ2) is 4.60. The molecule has 0 amide bonds. The lowest BCUT2D eigenvalue weighted by molar-refractivity contribution is -0.384. The van der Waals surface area contributed by atoms with Gasteiger partial charge in [-0.2, -0.15) is 0 Å². The zero-order valence-electron chi connectivity index (χ0n) is 9.12. The summed E-state index contributed by atoms with van der Waals surface area (Å²) in [7, 11) is 0. The Bertz CT molecular complexity index is 511. The number of nitro groups is 1. The van der Waals surface area contributed by atoms with Crippen LogP contribution < -0.4 is 5.32 Å². The molecule has 2 aromatic rings. The average Bonchev–Trinajstić information content (AvgIpc) is 2.83. The zero-order valence-corrected chi connectivity index (χ0v) is 9.12. The van der Waals surface area contributed by atoms with Gasteiger partial charge in [0, 0.05) is 24.7 Å². The van der Waals surface area contributed by atoms with Gasteiger partial charge in [-0.15, -0.1) is 0 Å². The van der Waals surface area contributed by atoms with Crippen molar-refractivity contribution in [1.29, 1.82) is 0 Å². The predicted molar refractivity (Wildman–Crippen MR) is 61.5 cm³/mol. The number of rotatable bonds is 4. The number of pyridine rings is 1. The van der Waals surface area contributed by atoms with Crippen molar-refractivity contribution < 1.29 is 4.92 Å². The van der Waals surface area contributed by atoms with Crippen LogP contribution in [0.2, 0.25) is 0 Å². The van der Waals surface area contributed by atoms with Gasteiger partial charge in [-0.05, 0) is 13.0 Å². The van der Waals surface area contributed by atoms with Gasteiger partial charge in [0.1, 0.15) is 5.82 Å². The third-order valence-corrected chi connectivity index (χ3v) is 2.27. The molecule has 7 heteroatoms. The Morgan fingerprint density at radius 2 is 2.29 bits per heavy atom. The number of nitrogens with one attached hydrogen (secondary N) is 2. The highest BCUT2D eigenvalue weighted by molar-refractivity contribution is 5.55. The van der Waals surface area contributed by atoms with Crippen LogP contribution in [0.1, 0.15) is 18.8 Å². The summed E-state index contributed by atoms with van der Waals surface area (Å²) in [5.74, 6) is 0.936. The molecule has 0 radical (unpaired) electrons. The molecule has 1 atom stereocenters. The Hall–Kier alpha value is -2.44. The van der Waals surface area contributed by atoms with Crippen molar-refractivity contribution in [3.05, 3.63) is 46.7 Å². The van der Waals surface area contributed by atoms with Crippen molar-refractivity contribution in [2.24, 2.45) is 0 Å². The maximum absolute atomic E-state index is 10.8. The van der Waals surface area contributed by atoms with Crippen molar-refractivity contribution in [2.45, 2.75) is 13.0 Å². The molecule has 0 saturated carbocycles. The molecule has 2 N–H and O–H groups in total. The SMILES string of the molecule is CC(Nc1ncccc1[N+](=O)[O-])c1ncc[nH]1. The van der Waals surface area contributed by atoms with Crippen LogP contribution >= 0.6 is 0 Å². The van der Waals surface area contributed by atoms with Crippen LogP contribution in [0.4, 0.5) is 11.5 Å². The Labute approximate surface area is 97.1 Å². The van der Waals surface area contributed by atoms with E-state index < -0.39 is 4.92 Å². The summed E-state index contributed by atoms with van der Waals surface area (Å²) in [4.78, 5) is 21.3. The minimum absolute atomic E-state index is 0.0501. The van der Waals surface area contributed by atoms with Gasteiger partial charge in [0.2, 0.25) is 5.82 Å². The topological polar surface area (TPSA) is 96.7 Å². The van der Waals surface area contributed by atoms with Crippen LogP contribution in [-0.4, -0.2) is 19.9 Å². The molecule has 0 bridgehead atoms. The monoisotopic (exact) mass is 233 g/mol. The fourth-order valence-corrected chi connectivity index (χ4v) is 1.44. The van der Waals surface area contributed by atoms with Gasteiger partial charge >= 0.3 is 5.69 Å². The van der Waals surface area contributed by atoms with Crippen LogP contribution in [0, 0.1) is 10.1 Å². The molecule has 7 nitrogen and oxygen atoms in total. The largest absolute Gasteiger partial charge is 0.355 e. The van der Waals surface area contributed by atoms with Crippen LogP contribution in [0.15, 0.2) is 30.7 Å². The number of nitrogens with zero attached hydrogens (tertiary/aromatic N) is 3. The van der Waals surface area contributed by atoms with Crippen LogP contribution in [0.3, 0.4) is 0 Å². The summed E-state index contributed by atoms with van der Waals surface area (Å²) in [6, 6.07) is 2.75. The van der Waals surface area contributed by atoms with E-state index in [9.17, 15) is 10.1 Å². The van der Waals surface area contributed by atoms with E-state index in [1.165, 1.54) is 18.3 Å². The number of imidazole rings is 1. The highest BCUT2D eigenvalue weighted by Gasteiger charge is 2.17. The maximum Gasteiger partial charge on any atom is 0.311 e. The number of hydrogen-bond acceptors (Lipinski definition) is 5. The van der Waals surface area contributed by atoms with E-state index in [0.717, 1.165) is 0 Å². The summed E-state index contributed by atoms with van der Waals surface area (Å²) in [6.45, 7) is 1.84. The van der Waals surface area contributed by atoms with Gasteiger partial charge in [0.05, 0.1) is 11.0 Å². The Balaban J connectivity index is 2.21. The molecule has 0 aliphatic carbocycles. The van der Waals surface area contributed by atoms with Gasteiger partial charge < -0.3 is 10.3 Å². The lowest BCUT2D eigenvalue weighted by Gasteiger charge is -2.11. The summed E-state index contributed by atoms with van der Waals surface area (Å²) in [5.41, 5.74) is -0.0501. The first-order valence-electron chi connectivity index (χ1n) is 5.03. The van der Waals surface area contributed by atoms with Crippen molar-refractivity contribution in [3.8, 4) is 0 Å². The highest BCUT2D eigenvalue weighted by Crippen LogP contribution is 2.23. The Morgan fingerprint density at radius 3 is 2.94 bits per heavy atom. The van der Waals surface area contributed by atoms with E-state index in [4.69, 9.17) is 0 Å². The fraction of sp³-hybridized carbons (Fsp3) is 0.200. The zero-order chi connectivity index (χ0) is 12.3. The van der Waals surface area contributed by atoms with Crippen molar-refractivity contribution in [3.63, 3.8) is 0 Å². The van der Waals surface area contributed by atoms with Crippen molar-refractivity contribution in [1.82, 2.24) is 15.0 Å². The lowest BCUT2D eigenvalue weighted by atomic mass is 10.3. The third-order valence-electron chi connectivity index (χ3n) is 2.27.